The fraction of sp³-hybridized carbons (Fsp3) is 0.167. The molecule has 1 N–H and O–H groups in total. The van der Waals surface area contributed by atoms with Gasteiger partial charge in [0.05, 0.1) is 11.1 Å². The quantitative estimate of drug-likeness (QED) is 0.673. The van der Waals surface area contributed by atoms with Gasteiger partial charge in [-0.25, -0.2) is 0 Å². The van der Waals surface area contributed by atoms with Crippen LogP contribution in [-0.4, -0.2) is 16.4 Å². The van der Waals surface area contributed by atoms with Gasteiger partial charge in [-0.2, -0.15) is 0 Å². The lowest BCUT2D eigenvalue weighted by Gasteiger charge is -2.03. The molecule has 1 aromatic carbocycles. The van der Waals surface area contributed by atoms with Crippen molar-refractivity contribution >= 4 is 22.7 Å². The zero-order valence-electron chi connectivity index (χ0n) is 9.00. The van der Waals surface area contributed by atoms with Crippen LogP contribution in [0, 0.1) is 6.92 Å². The number of rotatable bonds is 0. The van der Waals surface area contributed by atoms with Crippen molar-refractivity contribution in [3.8, 4) is 0 Å². The van der Waals surface area contributed by atoms with Crippen molar-refractivity contribution in [2.24, 2.45) is 7.05 Å². The van der Waals surface area contributed by atoms with Gasteiger partial charge in [-0.05, 0) is 24.6 Å². The normalized spacial score (nSPS) is 14.4. The second-order valence-electron chi connectivity index (χ2n) is 4.09. The first-order valence-corrected chi connectivity index (χ1v) is 5.04. The van der Waals surface area contributed by atoms with Crippen LogP contribution in [0.5, 0.6) is 0 Å². The standard InChI is InChI=1S/C12H10N2O2/c1-6-5-8-7(3-4-14(8)2)10-9(6)11(15)13-12(10)16/h3-5H,1-2H3,(H,13,15,16). The maximum Gasteiger partial charge on any atom is 0.259 e. The Morgan fingerprint density at radius 2 is 1.88 bits per heavy atom. The highest BCUT2D eigenvalue weighted by Gasteiger charge is 2.31. The molecule has 0 unspecified atom stereocenters. The van der Waals surface area contributed by atoms with Gasteiger partial charge < -0.3 is 4.57 Å². The van der Waals surface area contributed by atoms with Crippen molar-refractivity contribution in [2.75, 3.05) is 0 Å². The van der Waals surface area contributed by atoms with E-state index >= 15 is 0 Å². The fourth-order valence-corrected chi connectivity index (χ4v) is 2.30. The van der Waals surface area contributed by atoms with Gasteiger partial charge in [0, 0.05) is 24.1 Å². The van der Waals surface area contributed by atoms with E-state index in [0.29, 0.717) is 11.1 Å². The molecule has 4 nitrogen and oxygen atoms in total. The molecule has 0 saturated heterocycles. The molecule has 4 heteroatoms. The highest BCUT2D eigenvalue weighted by atomic mass is 16.2. The topological polar surface area (TPSA) is 51.1 Å². The number of imide groups is 1. The minimum atomic E-state index is -0.292. The minimum absolute atomic E-state index is 0.289. The zero-order valence-corrected chi connectivity index (χ0v) is 9.00. The third-order valence-electron chi connectivity index (χ3n) is 3.07. The van der Waals surface area contributed by atoms with E-state index in [-0.39, 0.29) is 11.8 Å². The lowest BCUT2D eigenvalue weighted by molar-refractivity contribution is 0.0880. The smallest absolute Gasteiger partial charge is 0.259 e. The molecule has 2 amide bonds. The molecule has 1 aliphatic rings. The number of aromatic nitrogens is 1. The van der Waals surface area contributed by atoms with Crippen LogP contribution >= 0.6 is 0 Å². The number of nitrogens with one attached hydrogen (secondary N) is 1. The second-order valence-corrected chi connectivity index (χ2v) is 4.09. The van der Waals surface area contributed by atoms with Crippen molar-refractivity contribution < 1.29 is 9.59 Å². The summed E-state index contributed by atoms with van der Waals surface area (Å²) in [6.07, 6.45) is 1.89. The van der Waals surface area contributed by atoms with E-state index in [4.69, 9.17) is 0 Å². The predicted octanol–water partition coefficient (Wildman–Crippen LogP) is 1.37. The highest BCUT2D eigenvalue weighted by Crippen LogP contribution is 2.29. The van der Waals surface area contributed by atoms with E-state index in [9.17, 15) is 9.59 Å². The number of hydrogen-bond donors (Lipinski definition) is 1. The Morgan fingerprint density at radius 1 is 1.19 bits per heavy atom. The second kappa shape index (κ2) is 2.72. The summed E-state index contributed by atoms with van der Waals surface area (Å²) in [6.45, 7) is 1.85. The van der Waals surface area contributed by atoms with Crippen LogP contribution in [0.2, 0.25) is 0 Å². The van der Waals surface area contributed by atoms with Crippen molar-refractivity contribution in [2.45, 2.75) is 6.92 Å². The van der Waals surface area contributed by atoms with E-state index in [2.05, 4.69) is 5.32 Å². The fourth-order valence-electron chi connectivity index (χ4n) is 2.30. The first kappa shape index (κ1) is 9.15. The average molecular weight is 214 g/mol. The third-order valence-corrected chi connectivity index (χ3v) is 3.07. The molecule has 0 saturated carbocycles. The van der Waals surface area contributed by atoms with Crippen LogP contribution in [0.1, 0.15) is 26.3 Å². The molecule has 1 aliphatic heterocycles. The molecule has 16 heavy (non-hydrogen) atoms. The van der Waals surface area contributed by atoms with Crippen LogP contribution in [0.3, 0.4) is 0 Å². The SMILES string of the molecule is Cc1cc2c(ccn2C)c2c1C(=O)NC2=O. The maximum atomic E-state index is 11.7. The molecule has 3 rings (SSSR count). The van der Waals surface area contributed by atoms with E-state index in [1.807, 2.05) is 36.9 Å². The van der Waals surface area contributed by atoms with Crippen molar-refractivity contribution in [1.29, 1.82) is 0 Å². The van der Waals surface area contributed by atoms with Crippen molar-refractivity contribution in [3.05, 3.63) is 35.0 Å². The molecular weight excluding hydrogens is 204 g/mol. The number of carbonyl (C=O) groups is 2. The molecule has 0 radical (unpaired) electrons. The van der Waals surface area contributed by atoms with E-state index in [0.717, 1.165) is 16.5 Å². The lowest BCUT2D eigenvalue weighted by atomic mass is 10.00. The van der Waals surface area contributed by atoms with Gasteiger partial charge in [0.2, 0.25) is 0 Å². The number of carbonyl (C=O) groups excluding carboxylic acids is 2. The van der Waals surface area contributed by atoms with Gasteiger partial charge in [-0.1, -0.05) is 0 Å². The average Bonchev–Trinajstić information content (AvgIpc) is 2.71. The molecule has 2 aromatic rings. The highest BCUT2D eigenvalue weighted by molar-refractivity contribution is 6.27. The van der Waals surface area contributed by atoms with Crippen LogP contribution < -0.4 is 5.32 Å². The van der Waals surface area contributed by atoms with Gasteiger partial charge >= 0.3 is 0 Å². The Balaban J connectivity index is 2.55. The maximum absolute atomic E-state index is 11.7. The number of nitrogens with zero attached hydrogens (tertiary/aromatic N) is 1. The summed E-state index contributed by atoms with van der Waals surface area (Å²) in [5.74, 6) is -0.580. The number of fused-ring (bicyclic) bond motifs is 3. The van der Waals surface area contributed by atoms with Gasteiger partial charge in [0.1, 0.15) is 0 Å². The van der Waals surface area contributed by atoms with Crippen molar-refractivity contribution in [1.82, 2.24) is 9.88 Å². The summed E-state index contributed by atoms with van der Waals surface area (Å²) in [6, 6.07) is 3.80. The van der Waals surface area contributed by atoms with Crippen molar-refractivity contribution in [3.63, 3.8) is 0 Å². The van der Waals surface area contributed by atoms with Crippen LogP contribution in [0.4, 0.5) is 0 Å². The van der Waals surface area contributed by atoms with Gasteiger partial charge in [0.15, 0.2) is 0 Å². The van der Waals surface area contributed by atoms with Crippen LogP contribution in [0.25, 0.3) is 10.9 Å². The molecule has 80 valence electrons. The summed E-state index contributed by atoms with van der Waals surface area (Å²) in [5.41, 5.74) is 2.85. The summed E-state index contributed by atoms with van der Waals surface area (Å²) < 4.78 is 1.94. The first-order chi connectivity index (χ1) is 7.59. The number of aryl methyl sites for hydroxylation is 2. The number of benzene rings is 1. The molecular formula is C12H10N2O2. The zero-order chi connectivity index (χ0) is 11.4. The largest absolute Gasteiger partial charge is 0.351 e. The van der Waals surface area contributed by atoms with Gasteiger partial charge in [-0.15, -0.1) is 0 Å². The Labute approximate surface area is 91.9 Å². The molecule has 2 heterocycles. The first-order valence-electron chi connectivity index (χ1n) is 5.04. The van der Waals surface area contributed by atoms with E-state index in [1.54, 1.807) is 0 Å². The molecule has 1 aromatic heterocycles. The Kier molecular flexibility index (Phi) is 1.56. The number of hydrogen-bond acceptors (Lipinski definition) is 2. The summed E-state index contributed by atoms with van der Waals surface area (Å²) >= 11 is 0. The molecule has 0 spiro atoms. The third kappa shape index (κ3) is 0.934. The van der Waals surface area contributed by atoms with E-state index in [1.165, 1.54) is 0 Å². The minimum Gasteiger partial charge on any atom is -0.351 e. The van der Waals surface area contributed by atoms with Crippen LogP contribution in [-0.2, 0) is 7.05 Å². The van der Waals surface area contributed by atoms with Crippen LogP contribution in [0.15, 0.2) is 18.3 Å². The van der Waals surface area contributed by atoms with Gasteiger partial charge in [-0.3, -0.25) is 14.9 Å². The summed E-state index contributed by atoms with van der Waals surface area (Å²) in [7, 11) is 1.92. The molecule has 0 bridgehead atoms. The Hall–Kier alpha value is -2.10. The Bertz CT molecular complexity index is 653. The molecule has 0 aliphatic carbocycles. The van der Waals surface area contributed by atoms with Gasteiger partial charge in [0.25, 0.3) is 11.8 Å². The molecule has 0 fully saturated rings. The lowest BCUT2D eigenvalue weighted by Crippen LogP contribution is -2.20. The Morgan fingerprint density at radius 3 is 2.62 bits per heavy atom. The monoisotopic (exact) mass is 214 g/mol. The summed E-state index contributed by atoms with van der Waals surface area (Å²) in [4.78, 5) is 23.3. The number of amides is 2. The molecule has 0 atom stereocenters. The van der Waals surface area contributed by atoms with E-state index < -0.39 is 0 Å². The predicted molar refractivity (Wildman–Crippen MR) is 59.5 cm³/mol. The summed E-state index contributed by atoms with van der Waals surface area (Å²) in [5, 5.41) is 3.18.